The molecule has 0 atom stereocenters. The third kappa shape index (κ3) is 4.00. The van der Waals surface area contributed by atoms with Crippen molar-refractivity contribution in [2.45, 2.75) is 0 Å². The van der Waals surface area contributed by atoms with E-state index in [2.05, 4.69) is 0 Å². The molecule has 8 aromatic carbocycles. The number of fused-ring (bicyclic) bond motifs is 7. The number of hydrogen-bond acceptors (Lipinski definition) is 2. The lowest BCUT2D eigenvalue weighted by Gasteiger charge is -2.18. The smallest absolute Gasteiger partial charge is 0.147 e. The third-order valence-corrected chi connectivity index (χ3v) is 9.13. The number of benzene rings is 8. The average Bonchev–Trinajstić information content (AvgIpc) is 3.82. The Morgan fingerprint density at radius 1 is 0.354 bits per heavy atom. The van der Waals surface area contributed by atoms with Gasteiger partial charge >= 0.3 is 0 Å². The van der Waals surface area contributed by atoms with Crippen LogP contribution in [0.3, 0.4) is 0 Å². The van der Waals surface area contributed by atoms with E-state index in [-0.39, 0.29) is 45.7 Å². The predicted octanol–water partition coefficient (Wildman–Crippen LogP) is 13.3. The van der Waals surface area contributed by atoms with E-state index >= 15 is 0 Å². The molecule has 2 heterocycles. The molecule has 2 heteroatoms. The van der Waals surface area contributed by atoms with Gasteiger partial charge in [-0.2, -0.15) is 0 Å². The molecule has 10 aromatic rings. The predicted molar refractivity (Wildman–Crippen MR) is 200 cm³/mol. The molecule has 224 valence electrons. The summed E-state index contributed by atoms with van der Waals surface area (Å²) in [4.78, 5) is 0. The average molecular weight is 621 g/mol. The Morgan fingerprint density at radius 3 is 1.46 bits per heavy atom. The Morgan fingerprint density at radius 2 is 0.854 bits per heavy atom. The zero-order valence-electron chi connectivity index (χ0n) is 33.4. The van der Waals surface area contributed by atoms with E-state index in [4.69, 9.17) is 14.3 Å². The number of furan rings is 2. The normalized spacial score (nSPS) is 14.1. The Bertz CT molecular complexity index is 3180. The van der Waals surface area contributed by atoms with Gasteiger partial charge in [0, 0.05) is 21.9 Å². The highest BCUT2D eigenvalue weighted by Gasteiger charge is 2.23. The summed E-state index contributed by atoms with van der Waals surface area (Å²) in [6, 6.07) is 35.2. The standard InChI is InChI=1S/C46H28O2/c1-3-13-29(14-4-1)41-33-17-7-9-19-35(33)42(36-20-10-8-18-34(36)41)30-23-25-31(26-24-30)43-38-27-28-40-44(37-21-11-12-22-39(37)47-40)46(38)48-45(43)32-15-5-2-6-16-32/h1-28H/i7D,8D,9D,10D,17D,18D,19D,20D. The maximum atomic E-state index is 9.25. The van der Waals surface area contributed by atoms with Crippen LogP contribution in [0, 0.1) is 0 Å². The number of hydrogen-bond donors (Lipinski definition) is 0. The fourth-order valence-corrected chi connectivity index (χ4v) is 7.05. The van der Waals surface area contributed by atoms with Gasteiger partial charge in [-0.1, -0.05) is 151 Å². The van der Waals surface area contributed by atoms with E-state index in [0.717, 1.165) is 38.4 Å². The van der Waals surface area contributed by atoms with Gasteiger partial charge in [-0.15, -0.1) is 0 Å². The minimum absolute atomic E-state index is 0.174. The van der Waals surface area contributed by atoms with Crippen LogP contribution in [-0.4, -0.2) is 0 Å². The lowest BCUT2D eigenvalue weighted by atomic mass is 9.85. The quantitative estimate of drug-likeness (QED) is 0.183. The van der Waals surface area contributed by atoms with Gasteiger partial charge in [0.2, 0.25) is 0 Å². The minimum atomic E-state index is -0.435. The largest absolute Gasteiger partial charge is 0.456 e. The summed E-state index contributed by atoms with van der Waals surface area (Å²) in [7, 11) is 0. The summed E-state index contributed by atoms with van der Waals surface area (Å²) in [5.41, 5.74) is 6.41. The molecule has 0 radical (unpaired) electrons. The summed E-state index contributed by atoms with van der Waals surface area (Å²) < 4.78 is 84.6. The highest BCUT2D eigenvalue weighted by atomic mass is 16.3. The molecule has 0 aliphatic rings. The van der Waals surface area contributed by atoms with Crippen molar-refractivity contribution in [1.82, 2.24) is 0 Å². The molecule has 48 heavy (non-hydrogen) atoms. The summed E-state index contributed by atoms with van der Waals surface area (Å²) in [5, 5.41) is 3.40. The fraction of sp³-hybridized carbons (Fsp3) is 0. The summed E-state index contributed by atoms with van der Waals surface area (Å²) in [6.45, 7) is 0. The molecule has 0 aliphatic heterocycles. The van der Waals surface area contributed by atoms with Gasteiger partial charge in [0.15, 0.2) is 0 Å². The first-order valence-corrected chi connectivity index (χ1v) is 15.7. The van der Waals surface area contributed by atoms with Crippen LogP contribution in [-0.2, 0) is 0 Å². The first-order valence-electron chi connectivity index (χ1n) is 19.7. The lowest BCUT2D eigenvalue weighted by Crippen LogP contribution is -1.90. The second-order valence-corrected chi connectivity index (χ2v) is 11.8. The molecule has 0 N–H and O–H groups in total. The minimum Gasteiger partial charge on any atom is -0.456 e. The van der Waals surface area contributed by atoms with Gasteiger partial charge in [0.1, 0.15) is 22.5 Å². The Hall–Kier alpha value is -6.38. The maximum absolute atomic E-state index is 9.25. The molecule has 2 nitrogen and oxygen atoms in total. The Labute approximate surface area is 288 Å². The van der Waals surface area contributed by atoms with Crippen molar-refractivity contribution in [3.8, 4) is 44.7 Å². The monoisotopic (exact) mass is 620 g/mol. The molecular weight excluding hydrogens is 585 g/mol. The zero-order chi connectivity index (χ0) is 38.6. The highest BCUT2D eigenvalue weighted by Crippen LogP contribution is 2.47. The van der Waals surface area contributed by atoms with Crippen LogP contribution in [0.1, 0.15) is 11.0 Å². The highest BCUT2D eigenvalue weighted by molar-refractivity contribution is 6.22. The second kappa shape index (κ2) is 10.6. The van der Waals surface area contributed by atoms with Crippen molar-refractivity contribution in [3.05, 3.63) is 170 Å². The van der Waals surface area contributed by atoms with Gasteiger partial charge in [-0.25, -0.2) is 0 Å². The molecule has 0 unspecified atom stereocenters. The van der Waals surface area contributed by atoms with Crippen LogP contribution in [0.2, 0.25) is 0 Å². The van der Waals surface area contributed by atoms with Crippen LogP contribution >= 0.6 is 0 Å². The first-order chi connectivity index (χ1) is 27.2. The summed E-state index contributed by atoms with van der Waals surface area (Å²) in [5.74, 6) is 0.664. The van der Waals surface area contributed by atoms with Gasteiger partial charge < -0.3 is 8.83 Å². The topological polar surface area (TPSA) is 26.3 Å². The molecule has 0 amide bonds. The Balaban J connectivity index is 1.30. The molecule has 0 saturated heterocycles. The van der Waals surface area contributed by atoms with Gasteiger partial charge in [-0.05, 0) is 67.6 Å². The van der Waals surface area contributed by atoms with Crippen LogP contribution in [0.25, 0.3) is 99.2 Å². The second-order valence-electron chi connectivity index (χ2n) is 11.8. The third-order valence-electron chi connectivity index (χ3n) is 9.13. The van der Waals surface area contributed by atoms with Gasteiger partial charge in [0.05, 0.1) is 16.4 Å². The fourth-order valence-electron chi connectivity index (χ4n) is 7.05. The summed E-state index contributed by atoms with van der Waals surface area (Å²) in [6.07, 6.45) is 0. The first kappa shape index (κ1) is 20.0. The SMILES string of the molecule is [2H]c1c([2H])c([2H])c2c(-c3ccc(-c4c(-c5ccccc5)oc5c4ccc4oc6ccccc6c45)cc3)c3c([2H])c([2H])c([2H])c([2H])c3c(-c3ccccc3)c2c1[2H]. The van der Waals surface area contributed by atoms with E-state index in [1.54, 1.807) is 24.3 Å². The molecule has 10 rings (SSSR count). The van der Waals surface area contributed by atoms with Crippen molar-refractivity contribution in [2.75, 3.05) is 0 Å². The molecule has 0 bridgehead atoms. The van der Waals surface area contributed by atoms with E-state index < -0.39 is 24.2 Å². The molecular formula is C46H28O2. The van der Waals surface area contributed by atoms with Crippen LogP contribution < -0.4 is 0 Å². The van der Waals surface area contributed by atoms with Crippen LogP contribution in [0.4, 0.5) is 0 Å². The molecule has 0 fully saturated rings. The Kier molecular flexibility index (Phi) is 4.41. The number of para-hydroxylation sites is 1. The van der Waals surface area contributed by atoms with E-state index in [1.165, 1.54) is 0 Å². The zero-order valence-corrected chi connectivity index (χ0v) is 25.4. The van der Waals surface area contributed by atoms with E-state index in [1.807, 2.05) is 97.1 Å². The molecule has 0 spiro atoms. The van der Waals surface area contributed by atoms with Crippen molar-refractivity contribution in [1.29, 1.82) is 0 Å². The summed E-state index contributed by atoms with van der Waals surface area (Å²) >= 11 is 0. The van der Waals surface area contributed by atoms with Crippen molar-refractivity contribution in [2.24, 2.45) is 0 Å². The number of rotatable bonds is 4. The molecule has 0 aliphatic carbocycles. The van der Waals surface area contributed by atoms with Gasteiger partial charge in [-0.3, -0.25) is 0 Å². The van der Waals surface area contributed by atoms with Gasteiger partial charge in [0.25, 0.3) is 0 Å². The molecule has 2 aromatic heterocycles. The van der Waals surface area contributed by atoms with E-state index in [0.29, 0.717) is 39.2 Å². The lowest BCUT2D eigenvalue weighted by molar-refractivity contribution is 0.634. The molecule has 0 saturated carbocycles. The van der Waals surface area contributed by atoms with E-state index in [9.17, 15) is 5.48 Å². The van der Waals surface area contributed by atoms with Crippen molar-refractivity contribution in [3.63, 3.8) is 0 Å². The van der Waals surface area contributed by atoms with Crippen molar-refractivity contribution < 1.29 is 19.8 Å². The maximum Gasteiger partial charge on any atom is 0.147 e. The van der Waals surface area contributed by atoms with Crippen LogP contribution in [0.15, 0.2) is 179 Å². The van der Waals surface area contributed by atoms with Crippen molar-refractivity contribution >= 4 is 54.5 Å². The van der Waals surface area contributed by atoms with Crippen LogP contribution in [0.5, 0.6) is 0 Å².